The summed E-state index contributed by atoms with van der Waals surface area (Å²) in [6, 6.07) is 4.44. The maximum atomic E-state index is 12.3. The molecule has 2 nitrogen and oxygen atoms in total. The number of hydrogen-bond acceptors (Lipinski definition) is 2. The van der Waals surface area contributed by atoms with E-state index in [1.165, 1.54) is 12.1 Å². The molecular formula is C15H17ClF3NO. The highest BCUT2D eigenvalue weighted by molar-refractivity contribution is 6.30. The fraction of sp³-hybridized carbons (Fsp3) is 0.600. The summed E-state index contributed by atoms with van der Waals surface area (Å²) >= 11 is 5.94. The molecule has 1 saturated heterocycles. The Hall–Kier alpha value is -0.940. The van der Waals surface area contributed by atoms with E-state index in [-0.39, 0.29) is 16.7 Å². The molecule has 0 radical (unpaired) electrons. The lowest BCUT2D eigenvalue weighted by molar-refractivity contribution is -0.274. The smallest absolute Gasteiger partial charge is 0.406 e. The Labute approximate surface area is 126 Å². The Balaban J connectivity index is 1.73. The summed E-state index contributed by atoms with van der Waals surface area (Å²) in [5, 5.41) is 3.59. The minimum atomic E-state index is -4.68. The molecule has 2 fully saturated rings. The highest BCUT2D eigenvalue weighted by Gasteiger charge is 2.40. The first-order valence-electron chi connectivity index (χ1n) is 7.12. The van der Waals surface area contributed by atoms with Crippen LogP contribution in [0.5, 0.6) is 5.75 Å². The zero-order valence-electron chi connectivity index (χ0n) is 11.5. The summed E-state index contributed by atoms with van der Waals surface area (Å²) in [6.45, 7) is 2.13. The Morgan fingerprint density at radius 1 is 1.14 bits per heavy atom. The second-order valence-electron chi connectivity index (χ2n) is 6.15. The molecular weight excluding hydrogens is 303 g/mol. The number of hydrogen-bond donors (Lipinski definition) is 1. The van der Waals surface area contributed by atoms with Crippen molar-refractivity contribution < 1.29 is 17.9 Å². The van der Waals surface area contributed by atoms with Crippen LogP contribution in [-0.4, -0.2) is 19.5 Å². The molecule has 0 atom stereocenters. The van der Waals surface area contributed by atoms with Gasteiger partial charge in [-0.15, -0.1) is 13.2 Å². The van der Waals surface area contributed by atoms with Gasteiger partial charge >= 0.3 is 6.36 Å². The van der Waals surface area contributed by atoms with Crippen molar-refractivity contribution in [3.8, 4) is 5.75 Å². The lowest BCUT2D eigenvalue weighted by atomic mass is 9.66. The van der Waals surface area contributed by atoms with Gasteiger partial charge in [0.05, 0.1) is 0 Å². The van der Waals surface area contributed by atoms with E-state index in [0.717, 1.165) is 44.3 Å². The first-order valence-corrected chi connectivity index (χ1v) is 7.50. The fourth-order valence-corrected chi connectivity index (χ4v) is 3.64. The summed E-state index contributed by atoms with van der Waals surface area (Å²) in [5.74, 6) is 0.0427. The van der Waals surface area contributed by atoms with E-state index in [4.69, 9.17) is 11.6 Å². The van der Waals surface area contributed by atoms with Crippen molar-refractivity contribution in [1.82, 2.24) is 5.32 Å². The average Bonchev–Trinajstić information content (AvgIpc) is 2.34. The summed E-state index contributed by atoms with van der Waals surface area (Å²) in [4.78, 5) is 0. The third kappa shape index (κ3) is 3.46. The van der Waals surface area contributed by atoms with Crippen LogP contribution in [0.2, 0.25) is 5.02 Å². The van der Waals surface area contributed by atoms with Gasteiger partial charge in [-0.05, 0) is 60.8 Å². The summed E-state index contributed by atoms with van der Waals surface area (Å²) in [5.41, 5.74) is 1.28. The van der Waals surface area contributed by atoms with E-state index in [0.29, 0.717) is 5.41 Å². The standard InChI is InChI=1S/C15H17ClF3NO/c16-12-5-11(6-13(7-12)21-15(17,18)19)10-1-3-14(4-2-10)8-20-9-14/h5-7,10,20H,1-4,8-9H2. The Kier molecular flexibility index (Phi) is 3.82. The molecule has 1 heterocycles. The molecule has 1 spiro atoms. The number of rotatable bonds is 2. The molecule has 0 bridgehead atoms. The molecule has 0 amide bonds. The zero-order valence-corrected chi connectivity index (χ0v) is 12.2. The Morgan fingerprint density at radius 3 is 2.33 bits per heavy atom. The Bertz CT molecular complexity index is 518. The van der Waals surface area contributed by atoms with Gasteiger partial charge in [-0.3, -0.25) is 0 Å². The van der Waals surface area contributed by atoms with Gasteiger partial charge in [-0.2, -0.15) is 0 Å². The molecule has 3 rings (SSSR count). The van der Waals surface area contributed by atoms with Crippen LogP contribution in [0.25, 0.3) is 0 Å². The first-order chi connectivity index (χ1) is 9.85. The molecule has 116 valence electrons. The van der Waals surface area contributed by atoms with Crippen molar-refractivity contribution in [3.05, 3.63) is 28.8 Å². The van der Waals surface area contributed by atoms with Crippen molar-refractivity contribution in [3.63, 3.8) is 0 Å². The summed E-state index contributed by atoms with van der Waals surface area (Å²) in [7, 11) is 0. The molecule has 1 aromatic carbocycles. The molecule has 1 aromatic rings. The predicted octanol–water partition coefficient (Wildman–Crippen LogP) is 4.49. The van der Waals surface area contributed by atoms with Crippen molar-refractivity contribution in [1.29, 1.82) is 0 Å². The van der Waals surface area contributed by atoms with Crippen LogP contribution < -0.4 is 10.1 Å². The Morgan fingerprint density at radius 2 is 1.81 bits per heavy atom. The molecule has 21 heavy (non-hydrogen) atoms. The van der Waals surface area contributed by atoms with Crippen LogP contribution in [0.1, 0.15) is 37.2 Å². The number of halogens is 4. The third-order valence-electron chi connectivity index (χ3n) is 4.64. The largest absolute Gasteiger partial charge is 0.573 e. The van der Waals surface area contributed by atoms with Gasteiger partial charge in [0.2, 0.25) is 0 Å². The lowest BCUT2D eigenvalue weighted by Crippen LogP contribution is -2.54. The normalized spacial score (nSPS) is 22.1. The van der Waals surface area contributed by atoms with Gasteiger partial charge in [0.25, 0.3) is 0 Å². The van der Waals surface area contributed by atoms with Gasteiger partial charge < -0.3 is 10.1 Å². The van der Waals surface area contributed by atoms with Crippen molar-refractivity contribution in [2.24, 2.45) is 5.41 Å². The molecule has 1 aliphatic heterocycles. The third-order valence-corrected chi connectivity index (χ3v) is 4.86. The molecule has 1 N–H and O–H groups in total. The van der Waals surface area contributed by atoms with E-state index >= 15 is 0 Å². The molecule has 1 saturated carbocycles. The maximum absolute atomic E-state index is 12.3. The highest BCUT2D eigenvalue weighted by atomic mass is 35.5. The maximum Gasteiger partial charge on any atom is 0.573 e. The monoisotopic (exact) mass is 319 g/mol. The number of benzene rings is 1. The molecule has 2 aliphatic rings. The molecule has 0 unspecified atom stereocenters. The fourth-order valence-electron chi connectivity index (χ4n) is 3.41. The van der Waals surface area contributed by atoms with Gasteiger partial charge in [-0.1, -0.05) is 11.6 Å². The number of ether oxygens (including phenoxy) is 1. The van der Waals surface area contributed by atoms with Crippen LogP contribution in [-0.2, 0) is 0 Å². The van der Waals surface area contributed by atoms with Crippen LogP contribution in [0.3, 0.4) is 0 Å². The SMILES string of the molecule is FC(F)(F)Oc1cc(Cl)cc(C2CCC3(CC2)CNC3)c1. The van der Waals surface area contributed by atoms with Gasteiger partial charge in [0.1, 0.15) is 5.75 Å². The van der Waals surface area contributed by atoms with Crippen molar-refractivity contribution in [2.75, 3.05) is 13.1 Å². The average molecular weight is 320 g/mol. The van der Waals surface area contributed by atoms with Crippen LogP contribution in [0.15, 0.2) is 18.2 Å². The van der Waals surface area contributed by atoms with Crippen LogP contribution >= 0.6 is 11.6 Å². The number of nitrogens with one attached hydrogen (secondary N) is 1. The molecule has 1 aliphatic carbocycles. The second-order valence-corrected chi connectivity index (χ2v) is 6.58. The highest BCUT2D eigenvalue weighted by Crippen LogP contribution is 2.46. The first kappa shape index (κ1) is 15.0. The van der Waals surface area contributed by atoms with Crippen molar-refractivity contribution >= 4 is 11.6 Å². The van der Waals surface area contributed by atoms with Crippen LogP contribution in [0, 0.1) is 5.41 Å². The summed E-state index contributed by atoms with van der Waals surface area (Å²) < 4.78 is 41.0. The van der Waals surface area contributed by atoms with E-state index in [1.807, 2.05) is 0 Å². The molecule has 0 aromatic heterocycles. The lowest BCUT2D eigenvalue weighted by Gasteiger charge is -2.47. The van der Waals surface area contributed by atoms with Crippen molar-refractivity contribution in [2.45, 2.75) is 38.0 Å². The minimum Gasteiger partial charge on any atom is -0.406 e. The van der Waals surface area contributed by atoms with Gasteiger partial charge in [0.15, 0.2) is 0 Å². The van der Waals surface area contributed by atoms with E-state index < -0.39 is 6.36 Å². The minimum absolute atomic E-state index is 0.226. The quantitative estimate of drug-likeness (QED) is 0.867. The van der Waals surface area contributed by atoms with Crippen LogP contribution in [0.4, 0.5) is 13.2 Å². The van der Waals surface area contributed by atoms with Gasteiger partial charge in [0, 0.05) is 18.1 Å². The topological polar surface area (TPSA) is 21.3 Å². The van der Waals surface area contributed by atoms with E-state index in [1.54, 1.807) is 6.07 Å². The van der Waals surface area contributed by atoms with E-state index in [9.17, 15) is 13.2 Å². The number of alkyl halides is 3. The van der Waals surface area contributed by atoms with E-state index in [2.05, 4.69) is 10.1 Å². The van der Waals surface area contributed by atoms with Gasteiger partial charge in [-0.25, -0.2) is 0 Å². The summed E-state index contributed by atoms with van der Waals surface area (Å²) in [6.07, 6.45) is -0.462. The zero-order chi connectivity index (χ0) is 15.1. The predicted molar refractivity (Wildman–Crippen MR) is 74.6 cm³/mol. The second kappa shape index (κ2) is 5.36. The molecule has 6 heteroatoms.